The first-order chi connectivity index (χ1) is 15.1. The molecule has 2 aromatic heterocycles. The van der Waals surface area contributed by atoms with Gasteiger partial charge in [0.05, 0.1) is 23.7 Å². The Labute approximate surface area is 182 Å². The van der Waals surface area contributed by atoms with Crippen LogP contribution < -0.4 is 0 Å². The molecule has 1 saturated heterocycles. The number of aryl methyl sites for hydroxylation is 1. The molecule has 1 aliphatic heterocycles. The summed E-state index contributed by atoms with van der Waals surface area (Å²) < 4.78 is 7.02. The van der Waals surface area contributed by atoms with Crippen LogP contribution in [0.4, 0.5) is 0 Å². The predicted octanol–water partition coefficient (Wildman–Crippen LogP) is 3.73. The lowest BCUT2D eigenvalue weighted by Crippen LogP contribution is -2.31. The minimum Gasteiger partial charge on any atom is -0.462 e. The van der Waals surface area contributed by atoms with Gasteiger partial charge in [-0.25, -0.2) is 14.5 Å². The summed E-state index contributed by atoms with van der Waals surface area (Å²) in [4.78, 5) is 19.1. The van der Waals surface area contributed by atoms with Gasteiger partial charge in [0, 0.05) is 24.8 Å². The number of esters is 1. The van der Waals surface area contributed by atoms with Crippen LogP contribution >= 0.6 is 0 Å². The van der Waals surface area contributed by atoms with Gasteiger partial charge in [0.1, 0.15) is 11.6 Å². The molecule has 0 N–H and O–H groups in total. The van der Waals surface area contributed by atoms with Crippen LogP contribution in [0.25, 0.3) is 11.5 Å². The van der Waals surface area contributed by atoms with E-state index in [0.29, 0.717) is 0 Å². The molecule has 1 fully saturated rings. The van der Waals surface area contributed by atoms with Crippen LogP contribution in [0.2, 0.25) is 0 Å². The average molecular weight is 418 g/mol. The Balaban J connectivity index is 1.87. The molecule has 0 aromatic carbocycles. The number of nitriles is 1. The Hall–Kier alpha value is -3.40. The molecule has 3 heterocycles. The molecule has 0 amide bonds. The van der Waals surface area contributed by atoms with E-state index in [1.54, 1.807) is 19.2 Å². The number of ether oxygens (including phenoxy) is 1. The smallest absolute Gasteiger partial charge is 0.348 e. The highest BCUT2D eigenvalue weighted by molar-refractivity contribution is 5.94. The molecule has 7 heteroatoms. The van der Waals surface area contributed by atoms with Crippen molar-refractivity contribution < 1.29 is 9.53 Å². The number of allylic oxidation sites excluding steroid dienone is 2. The summed E-state index contributed by atoms with van der Waals surface area (Å²) >= 11 is 0. The van der Waals surface area contributed by atoms with Crippen molar-refractivity contribution in [2.45, 2.75) is 46.0 Å². The van der Waals surface area contributed by atoms with E-state index in [0.717, 1.165) is 72.8 Å². The van der Waals surface area contributed by atoms with E-state index < -0.39 is 5.97 Å². The second kappa shape index (κ2) is 9.17. The van der Waals surface area contributed by atoms with E-state index in [-0.39, 0.29) is 12.2 Å². The van der Waals surface area contributed by atoms with E-state index in [1.165, 1.54) is 6.42 Å². The number of hydrogen-bond donors (Lipinski definition) is 0. The second-order valence-electron chi connectivity index (χ2n) is 7.82. The summed E-state index contributed by atoms with van der Waals surface area (Å²) in [5.41, 5.74) is 5.31. The Bertz CT molecular complexity index is 1070. The lowest BCUT2D eigenvalue weighted by Gasteiger charge is -2.35. The van der Waals surface area contributed by atoms with Crippen LogP contribution in [-0.2, 0) is 16.0 Å². The van der Waals surface area contributed by atoms with Crippen molar-refractivity contribution in [3.63, 3.8) is 0 Å². The van der Waals surface area contributed by atoms with Crippen molar-refractivity contribution in [2.24, 2.45) is 0 Å². The minimum atomic E-state index is -0.567. The molecular weight excluding hydrogens is 390 g/mol. The third-order valence-corrected chi connectivity index (χ3v) is 5.80. The molecule has 31 heavy (non-hydrogen) atoms. The number of rotatable bonds is 5. The minimum absolute atomic E-state index is 0.0459. The molecule has 1 aliphatic carbocycles. The first-order valence-electron chi connectivity index (χ1n) is 10.9. The summed E-state index contributed by atoms with van der Waals surface area (Å²) in [7, 11) is 0. The summed E-state index contributed by atoms with van der Waals surface area (Å²) in [5, 5.41) is 14.4. The van der Waals surface area contributed by atoms with Crippen molar-refractivity contribution in [2.75, 3.05) is 19.7 Å². The average Bonchev–Trinajstić information content (AvgIpc) is 3.15. The van der Waals surface area contributed by atoms with Crippen LogP contribution in [0.5, 0.6) is 0 Å². The van der Waals surface area contributed by atoms with Gasteiger partial charge in [0.15, 0.2) is 5.82 Å². The molecular formula is C24H27N5O2. The van der Waals surface area contributed by atoms with E-state index in [9.17, 15) is 10.1 Å². The standard InChI is InChI=1S/C24H27N5O2/c1-3-31-24(30)19(16-25)15-18-10-11-20-22(23(18)28-13-7-4-8-14-28)17(2)27-29(20)21-9-5-6-12-26-21/h5-6,9,12,15H,3-4,7-8,10-11,13-14H2,1-2H3/b19-15-. The Morgan fingerprint density at radius 3 is 2.74 bits per heavy atom. The van der Waals surface area contributed by atoms with Crippen LogP contribution in [-0.4, -0.2) is 45.3 Å². The van der Waals surface area contributed by atoms with Crippen molar-refractivity contribution in [1.82, 2.24) is 19.7 Å². The summed E-state index contributed by atoms with van der Waals surface area (Å²) in [6.07, 6.45) is 8.47. The fraction of sp³-hybridized carbons (Fsp3) is 0.417. The zero-order chi connectivity index (χ0) is 21.8. The molecule has 4 rings (SSSR count). The van der Waals surface area contributed by atoms with Crippen molar-refractivity contribution in [3.8, 4) is 11.9 Å². The van der Waals surface area contributed by atoms with Crippen molar-refractivity contribution in [3.05, 3.63) is 58.6 Å². The van der Waals surface area contributed by atoms with Gasteiger partial charge in [-0.05, 0) is 69.7 Å². The monoisotopic (exact) mass is 417 g/mol. The number of fused-ring (bicyclic) bond motifs is 1. The topological polar surface area (TPSA) is 84.0 Å². The maximum atomic E-state index is 12.3. The summed E-state index contributed by atoms with van der Waals surface area (Å²) in [6, 6.07) is 7.85. The number of aromatic nitrogens is 3. The first-order valence-corrected chi connectivity index (χ1v) is 10.9. The van der Waals surface area contributed by atoms with E-state index >= 15 is 0 Å². The van der Waals surface area contributed by atoms with Crippen molar-refractivity contribution in [1.29, 1.82) is 5.26 Å². The Kier molecular flexibility index (Phi) is 6.17. The lowest BCUT2D eigenvalue weighted by molar-refractivity contribution is -0.138. The number of carbonyl (C=O) groups is 1. The highest BCUT2D eigenvalue weighted by Crippen LogP contribution is 2.38. The fourth-order valence-electron chi connectivity index (χ4n) is 4.45. The maximum absolute atomic E-state index is 12.3. The SMILES string of the molecule is CCOC(=O)/C(C#N)=C\C1=C(N2CCCCC2)c2c(C)nn(-c3ccccn3)c2CC1. The van der Waals surface area contributed by atoms with Crippen molar-refractivity contribution >= 4 is 11.7 Å². The number of nitrogens with zero attached hydrogens (tertiary/aromatic N) is 5. The highest BCUT2D eigenvalue weighted by atomic mass is 16.5. The van der Waals surface area contributed by atoms with E-state index in [4.69, 9.17) is 9.84 Å². The van der Waals surface area contributed by atoms with E-state index in [2.05, 4.69) is 9.88 Å². The molecule has 2 aromatic rings. The van der Waals surface area contributed by atoms with E-state index in [1.807, 2.05) is 35.9 Å². The number of hydrogen-bond acceptors (Lipinski definition) is 6. The maximum Gasteiger partial charge on any atom is 0.348 e. The molecule has 160 valence electrons. The predicted molar refractivity (Wildman–Crippen MR) is 117 cm³/mol. The van der Waals surface area contributed by atoms with Gasteiger partial charge < -0.3 is 9.64 Å². The molecule has 0 saturated carbocycles. The second-order valence-corrected chi connectivity index (χ2v) is 7.82. The van der Waals surface area contributed by atoms with Gasteiger partial charge in [-0.1, -0.05) is 6.07 Å². The Morgan fingerprint density at radius 1 is 1.26 bits per heavy atom. The molecule has 0 spiro atoms. The number of likely N-dealkylation sites (tertiary alicyclic amines) is 1. The summed E-state index contributed by atoms with van der Waals surface area (Å²) in [6.45, 7) is 5.93. The van der Waals surface area contributed by atoms with Gasteiger partial charge in [-0.2, -0.15) is 10.4 Å². The molecule has 0 bridgehead atoms. The quantitative estimate of drug-likeness (QED) is 0.419. The summed E-state index contributed by atoms with van der Waals surface area (Å²) in [5.74, 6) is 0.232. The zero-order valence-electron chi connectivity index (χ0n) is 18.1. The molecule has 0 atom stereocenters. The normalized spacial score (nSPS) is 16.7. The number of pyridine rings is 1. The van der Waals surface area contributed by atoms with Crippen LogP contribution in [0, 0.1) is 18.3 Å². The van der Waals surface area contributed by atoms with Crippen LogP contribution in [0.15, 0.2) is 41.6 Å². The van der Waals surface area contributed by atoms with Gasteiger partial charge in [-0.3, -0.25) is 0 Å². The molecule has 7 nitrogen and oxygen atoms in total. The highest BCUT2D eigenvalue weighted by Gasteiger charge is 2.30. The van der Waals surface area contributed by atoms with Gasteiger partial charge >= 0.3 is 5.97 Å². The van der Waals surface area contributed by atoms with Gasteiger partial charge in [-0.15, -0.1) is 0 Å². The number of piperidine rings is 1. The third-order valence-electron chi connectivity index (χ3n) is 5.80. The molecule has 0 unspecified atom stereocenters. The van der Waals surface area contributed by atoms with Crippen LogP contribution in [0.1, 0.15) is 49.6 Å². The lowest BCUT2D eigenvalue weighted by atomic mass is 9.89. The third kappa shape index (κ3) is 4.11. The largest absolute Gasteiger partial charge is 0.462 e. The van der Waals surface area contributed by atoms with Gasteiger partial charge in [0.2, 0.25) is 0 Å². The van der Waals surface area contributed by atoms with Gasteiger partial charge in [0.25, 0.3) is 0 Å². The first kappa shape index (κ1) is 20.9. The number of carbonyl (C=O) groups excluding carboxylic acids is 1. The molecule has 0 radical (unpaired) electrons. The zero-order valence-corrected chi connectivity index (χ0v) is 18.1. The fourth-order valence-corrected chi connectivity index (χ4v) is 4.45. The molecule has 2 aliphatic rings. The van der Waals surface area contributed by atoms with Crippen LogP contribution in [0.3, 0.4) is 0 Å². The Morgan fingerprint density at radius 2 is 2.06 bits per heavy atom.